The summed E-state index contributed by atoms with van der Waals surface area (Å²) in [7, 11) is 0. The second-order valence-corrected chi connectivity index (χ2v) is 8.76. The van der Waals surface area contributed by atoms with Gasteiger partial charge in [0.25, 0.3) is 5.89 Å². The number of aromatic nitrogens is 2. The number of halogens is 2. The maximum absolute atomic E-state index is 13.6. The first-order valence-electron chi connectivity index (χ1n) is 10.7. The van der Waals surface area contributed by atoms with Gasteiger partial charge in [-0.05, 0) is 54.5 Å². The Bertz CT molecular complexity index is 1370. The van der Waals surface area contributed by atoms with E-state index in [0.29, 0.717) is 28.4 Å². The second-order valence-electron chi connectivity index (χ2n) is 7.94. The topological polar surface area (TPSA) is 54.2 Å². The number of nitrogens with one attached hydrogen (secondary N) is 1. The molecule has 0 radical (unpaired) electrons. The largest absolute Gasteiger partial charge is 0.351 e. The van der Waals surface area contributed by atoms with Crippen LogP contribution in [0.3, 0.4) is 0 Å². The van der Waals surface area contributed by atoms with Crippen molar-refractivity contribution in [1.82, 2.24) is 20.4 Å². The van der Waals surface area contributed by atoms with Gasteiger partial charge in [0.15, 0.2) is 5.11 Å². The van der Waals surface area contributed by atoms with E-state index >= 15 is 0 Å². The van der Waals surface area contributed by atoms with E-state index in [0.717, 1.165) is 28.0 Å². The summed E-state index contributed by atoms with van der Waals surface area (Å²) in [5.74, 6) is 0.476. The van der Waals surface area contributed by atoms with Crippen LogP contribution in [0.5, 0.6) is 0 Å². The van der Waals surface area contributed by atoms with Crippen LogP contribution in [0.4, 0.5) is 4.39 Å². The van der Waals surface area contributed by atoms with Gasteiger partial charge in [-0.25, -0.2) is 4.39 Å². The van der Waals surface area contributed by atoms with Gasteiger partial charge in [-0.2, -0.15) is 4.98 Å². The highest BCUT2D eigenvalue weighted by molar-refractivity contribution is 7.80. The minimum atomic E-state index is -0.382. The van der Waals surface area contributed by atoms with Crippen LogP contribution in [0.2, 0.25) is 5.02 Å². The molecule has 170 valence electrons. The molecule has 8 heteroatoms. The van der Waals surface area contributed by atoms with Crippen molar-refractivity contribution in [3.05, 3.63) is 112 Å². The summed E-state index contributed by atoms with van der Waals surface area (Å²) in [6.45, 7) is 2.55. The molecule has 1 N–H and O–H groups in total. The Morgan fingerprint density at radius 3 is 2.56 bits per heavy atom. The van der Waals surface area contributed by atoms with Crippen LogP contribution in [-0.4, -0.2) is 20.2 Å². The van der Waals surface area contributed by atoms with E-state index in [2.05, 4.69) is 15.5 Å². The van der Waals surface area contributed by atoms with E-state index in [9.17, 15) is 4.39 Å². The Morgan fingerprint density at radius 1 is 1.06 bits per heavy atom. The minimum Gasteiger partial charge on any atom is -0.351 e. The van der Waals surface area contributed by atoms with Gasteiger partial charge in [0.1, 0.15) is 5.82 Å². The summed E-state index contributed by atoms with van der Waals surface area (Å²) in [6, 6.07) is 23.3. The van der Waals surface area contributed by atoms with E-state index in [4.69, 9.17) is 28.3 Å². The van der Waals surface area contributed by atoms with Crippen molar-refractivity contribution in [2.75, 3.05) is 0 Å². The molecule has 0 aliphatic carbocycles. The maximum atomic E-state index is 13.6. The lowest BCUT2D eigenvalue weighted by atomic mass is 9.94. The fraction of sp³-hybridized carbons (Fsp3) is 0.115. The number of thiocarbonyl (C=S) groups is 1. The van der Waals surface area contributed by atoms with Gasteiger partial charge in [0.05, 0.1) is 11.6 Å². The van der Waals surface area contributed by atoms with Gasteiger partial charge < -0.3 is 14.7 Å². The van der Waals surface area contributed by atoms with Crippen LogP contribution in [0.1, 0.15) is 30.0 Å². The van der Waals surface area contributed by atoms with Gasteiger partial charge >= 0.3 is 0 Å². The van der Waals surface area contributed by atoms with Crippen molar-refractivity contribution < 1.29 is 8.91 Å². The summed E-state index contributed by atoms with van der Waals surface area (Å²) in [5, 5.41) is 8.73. The highest BCUT2D eigenvalue weighted by Gasteiger charge is 2.34. The molecule has 5 rings (SSSR count). The zero-order chi connectivity index (χ0) is 23.7. The molecule has 3 aromatic carbocycles. The van der Waals surface area contributed by atoms with Gasteiger partial charge in [-0.1, -0.05) is 71.4 Å². The van der Waals surface area contributed by atoms with Crippen molar-refractivity contribution in [2.45, 2.75) is 19.5 Å². The van der Waals surface area contributed by atoms with Crippen LogP contribution in [-0.2, 0) is 6.54 Å². The Labute approximate surface area is 206 Å². The van der Waals surface area contributed by atoms with Crippen molar-refractivity contribution >= 4 is 34.5 Å². The Hall–Kier alpha value is -3.55. The minimum absolute atomic E-state index is 0.309. The molecule has 0 spiro atoms. The fourth-order valence-corrected chi connectivity index (χ4v) is 4.51. The van der Waals surface area contributed by atoms with E-state index < -0.39 is 0 Å². The first-order chi connectivity index (χ1) is 16.5. The summed E-state index contributed by atoms with van der Waals surface area (Å²) in [5.41, 5.74) is 4.34. The molecule has 0 saturated heterocycles. The zero-order valence-corrected chi connectivity index (χ0v) is 19.8. The van der Waals surface area contributed by atoms with Gasteiger partial charge in [-0.3, -0.25) is 0 Å². The Kier molecular flexibility index (Phi) is 6.13. The first-order valence-corrected chi connectivity index (χ1v) is 11.5. The van der Waals surface area contributed by atoms with Crippen molar-refractivity contribution in [3.63, 3.8) is 0 Å². The third-order valence-electron chi connectivity index (χ3n) is 5.72. The zero-order valence-electron chi connectivity index (χ0n) is 18.2. The average Bonchev–Trinajstić information content (AvgIpc) is 3.32. The molecule has 0 amide bonds. The lowest BCUT2D eigenvalue weighted by Gasteiger charge is -2.37. The number of benzene rings is 3. The molecule has 1 unspecified atom stereocenters. The summed E-state index contributed by atoms with van der Waals surface area (Å²) in [6.07, 6.45) is 0. The van der Waals surface area contributed by atoms with E-state index in [1.54, 1.807) is 24.3 Å². The van der Waals surface area contributed by atoms with Gasteiger partial charge in [0.2, 0.25) is 5.82 Å². The van der Waals surface area contributed by atoms with Crippen LogP contribution in [0, 0.1) is 5.82 Å². The Morgan fingerprint density at radius 2 is 1.82 bits per heavy atom. The van der Waals surface area contributed by atoms with Crippen molar-refractivity contribution in [3.8, 4) is 11.4 Å². The number of hydrogen-bond donors (Lipinski definition) is 1. The SMILES string of the molecule is CC1=C(c2nc(-c3cccc(Cl)c3)no2)C(c2ccc(F)cc2)NC(=S)N1Cc1ccccc1. The monoisotopic (exact) mass is 490 g/mol. The summed E-state index contributed by atoms with van der Waals surface area (Å²) < 4.78 is 19.4. The van der Waals surface area contributed by atoms with Crippen LogP contribution >= 0.6 is 23.8 Å². The molecule has 1 atom stereocenters. The van der Waals surface area contributed by atoms with E-state index in [1.165, 1.54) is 12.1 Å². The number of hydrogen-bond acceptors (Lipinski definition) is 4. The lowest BCUT2D eigenvalue weighted by molar-refractivity contribution is 0.396. The highest BCUT2D eigenvalue weighted by atomic mass is 35.5. The van der Waals surface area contributed by atoms with E-state index in [1.807, 2.05) is 54.3 Å². The van der Waals surface area contributed by atoms with Crippen LogP contribution in [0.15, 0.2) is 89.1 Å². The van der Waals surface area contributed by atoms with Crippen LogP contribution in [0.25, 0.3) is 17.0 Å². The molecule has 4 aromatic rings. The molecule has 5 nitrogen and oxygen atoms in total. The predicted octanol–water partition coefficient (Wildman–Crippen LogP) is 6.39. The quantitative estimate of drug-likeness (QED) is 0.327. The number of allylic oxidation sites excluding steroid dienone is 1. The van der Waals surface area contributed by atoms with Gasteiger partial charge in [-0.15, -0.1) is 0 Å². The normalized spacial score (nSPS) is 16.0. The summed E-state index contributed by atoms with van der Waals surface area (Å²) >= 11 is 11.9. The Balaban J connectivity index is 1.60. The third-order valence-corrected chi connectivity index (χ3v) is 6.30. The van der Waals surface area contributed by atoms with Crippen molar-refractivity contribution in [2.24, 2.45) is 0 Å². The number of rotatable bonds is 5. The second kappa shape index (κ2) is 9.37. The first kappa shape index (κ1) is 22.3. The lowest BCUT2D eigenvalue weighted by Crippen LogP contribution is -2.45. The molecular weight excluding hydrogens is 471 g/mol. The van der Waals surface area contributed by atoms with Gasteiger partial charge in [0, 0.05) is 22.8 Å². The summed E-state index contributed by atoms with van der Waals surface area (Å²) in [4.78, 5) is 6.68. The van der Waals surface area contributed by atoms with Crippen LogP contribution < -0.4 is 5.32 Å². The smallest absolute Gasteiger partial charge is 0.258 e. The number of nitrogens with zero attached hydrogens (tertiary/aromatic N) is 3. The molecule has 1 aliphatic rings. The molecule has 2 heterocycles. The molecule has 1 aromatic heterocycles. The highest BCUT2D eigenvalue weighted by Crippen LogP contribution is 2.38. The fourth-order valence-electron chi connectivity index (χ4n) is 4.00. The average molecular weight is 491 g/mol. The van der Waals surface area contributed by atoms with Crippen molar-refractivity contribution in [1.29, 1.82) is 0 Å². The predicted molar refractivity (Wildman–Crippen MR) is 134 cm³/mol. The molecule has 0 bridgehead atoms. The molecule has 1 aliphatic heterocycles. The molecular formula is C26H20ClFN4OS. The standard InChI is InChI=1S/C26H20ClFN4OS/c1-16-22(25-30-24(31-33-25)19-8-5-9-20(27)14-19)23(18-10-12-21(28)13-11-18)29-26(34)32(16)15-17-6-3-2-4-7-17/h2-14,23H,15H2,1H3,(H,29,34). The molecule has 34 heavy (non-hydrogen) atoms. The maximum Gasteiger partial charge on any atom is 0.258 e. The van der Waals surface area contributed by atoms with E-state index in [-0.39, 0.29) is 11.9 Å². The molecule has 0 saturated carbocycles. The molecule has 0 fully saturated rings. The third kappa shape index (κ3) is 4.44.